The van der Waals surface area contributed by atoms with Crippen molar-refractivity contribution >= 4 is 0 Å². The van der Waals surface area contributed by atoms with Crippen LogP contribution in [0.4, 0.5) is 0 Å². The largest absolute Gasteiger partial charge is 0.386 e. The second-order valence-corrected chi connectivity index (χ2v) is 6.99. The molecule has 3 aliphatic rings. The lowest BCUT2D eigenvalue weighted by atomic mass is 9.79. The molecule has 2 fully saturated rings. The van der Waals surface area contributed by atoms with E-state index in [1.807, 2.05) is 6.92 Å². The van der Waals surface area contributed by atoms with Gasteiger partial charge in [-0.2, -0.15) is 0 Å². The van der Waals surface area contributed by atoms with Gasteiger partial charge >= 0.3 is 0 Å². The first-order chi connectivity index (χ1) is 7.79. The Labute approximate surface area is 104 Å². The van der Waals surface area contributed by atoms with Crippen molar-refractivity contribution in [2.24, 2.45) is 11.8 Å². The molecule has 1 saturated carbocycles. The smallest absolute Gasteiger partial charge is 0.0897 e. The summed E-state index contributed by atoms with van der Waals surface area (Å²) in [5.41, 5.74) is 0.515. The van der Waals surface area contributed by atoms with Crippen molar-refractivity contribution in [1.29, 1.82) is 0 Å². The number of hydrogen-bond acceptors (Lipinski definition) is 2. The van der Waals surface area contributed by atoms with E-state index in [-0.39, 0.29) is 11.2 Å². The molecule has 0 aromatic heterocycles. The number of fused-ring (bicyclic) bond motifs is 4. The van der Waals surface area contributed by atoms with Crippen LogP contribution in [0.3, 0.4) is 0 Å². The van der Waals surface area contributed by atoms with Crippen molar-refractivity contribution in [3.63, 3.8) is 0 Å². The molecular weight excluding hydrogens is 212 g/mol. The van der Waals surface area contributed by atoms with Crippen LogP contribution < -0.4 is 0 Å². The van der Waals surface area contributed by atoms with Crippen LogP contribution in [-0.2, 0) is 4.74 Å². The first kappa shape index (κ1) is 11.7. The Morgan fingerprint density at radius 3 is 2.65 bits per heavy atom. The second kappa shape index (κ2) is 3.16. The third kappa shape index (κ3) is 1.40. The standard InChI is InChI=1S/C15H24O2/c1-10(2)15-8-7-14(4,17-15)11-5-6-13(3,16)12(11)9-15/h9-11,16H,5-8H2,1-4H3/t11-,13+,14-,15+/m0/s1. The van der Waals surface area contributed by atoms with Gasteiger partial charge in [-0.3, -0.25) is 0 Å². The normalized spacial score (nSPS) is 52.8. The number of aliphatic hydroxyl groups is 1. The Morgan fingerprint density at radius 1 is 1.29 bits per heavy atom. The maximum Gasteiger partial charge on any atom is 0.0897 e. The van der Waals surface area contributed by atoms with Gasteiger partial charge in [-0.15, -0.1) is 0 Å². The lowest BCUT2D eigenvalue weighted by molar-refractivity contribution is -0.124. The summed E-state index contributed by atoms with van der Waals surface area (Å²) in [7, 11) is 0. The maximum absolute atomic E-state index is 10.5. The fourth-order valence-electron chi connectivity index (χ4n) is 4.15. The van der Waals surface area contributed by atoms with Crippen molar-refractivity contribution in [3.8, 4) is 0 Å². The molecule has 2 heterocycles. The summed E-state index contributed by atoms with van der Waals surface area (Å²) in [4.78, 5) is 0. The third-order valence-corrected chi connectivity index (χ3v) is 5.47. The molecule has 4 atom stereocenters. The van der Waals surface area contributed by atoms with E-state index in [9.17, 15) is 5.11 Å². The molecule has 0 amide bonds. The number of hydrogen-bond donors (Lipinski definition) is 1. The van der Waals surface area contributed by atoms with Gasteiger partial charge < -0.3 is 9.84 Å². The van der Waals surface area contributed by atoms with Gasteiger partial charge in [0, 0.05) is 5.92 Å². The summed E-state index contributed by atoms with van der Waals surface area (Å²) in [6, 6.07) is 0. The molecule has 0 aromatic carbocycles. The van der Waals surface area contributed by atoms with E-state index < -0.39 is 5.60 Å². The van der Waals surface area contributed by atoms with Crippen molar-refractivity contribution in [3.05, 3.63) is 11.6 Å². The monoisotopic (exact) mass is 236 g/mol. The molecule has 2 aliphatic heterocycles. The molecule has 0 unspecified atom stereocenters. The van der Waals surface area contributed by atoms with Gasteiger partial charge in [0.25, 0.3) is 0 Å². The average Bonchev–Trinajstić information content (AvgIpc) is 2.67. The van der Waals surface area contributed by atoms with E-state index in [0.29, 0.717) is 11.8 Å². The van der Waals surface area contributed by atoms with Gasteiger partial charge in [0.1, 0.15) is 0 Å². The van der Waals surface area contributed by atoms with Crippen LogP contribution in [0.2, 0.25) is 0 Å². The zero-order valence-corrected chi connectivity index (χ0v) is 11.4. The fourth-order valence-corrected chi connectivity index (χ4v) is 4.15. The minimum Gasteiger partial charge on any atom is -0.386 e. The van der Waals surface area contributed by atoms with E-state index in [2.05, 4.69) is 26.8 Å². The summed E-state index contributed by atoms with van der Waals surface area (Å²) in [5.74, 6) is 0.918. The zero-order valence-electron chi connectivity index (χ0n) is 11.4. The highest BCUT2D eigenvalue weighted by atomic mass is 16.5. The molecule has 2 nitrogen and oxygen atoms in total. The van der Waals surface area contributed by atoms with Crippen LogP contribution in [0.25, 0.3) is 0 Å². The van der Waals surface area contributed by atoms with Crippen molar-refractivity contribution in [2.75, 3.05) is 0 Å². The Kier molecular flexibility index (Phi) is 2.18. The van der Waals surface area contributed by atoms with Gasteiger partial charge in [0.15, 0.2) is 0 Å². The van der Waals surface area contributed by atoms with Crippen LogP contribution in [0.15, 0.2) is 11.6 Å². The van der Waals surface area contributed by atoms with Crippen LogP contribution in [0, 0.1) is 11.8 Å². The van der Waals surface area contributed by atoms with Crippen LogP contribution >= 0.6 is 0 Å². The average molecular weight is 236 g/mol. The molecule has 0 radical (unpaired) electrons. The van der Waals surface area contributed by atoms with Crippen molar-refractivity contribution in [2.45, 2.75) is 70.2 Å². The Bertz CT molecular complexity index is 382. The van der Waals surface area contributed by atoms with E-state index in [0.717, 1.165) is 25.7 Å². The molecule has 0 aromatic rings. The summed E-state index contributed by atoms with van der Waals surface area (Å²) in [5, 5.41) is 10.5. The Balaban J connectivity index is 2.11. The van der Waals surface area contributed by atoms with Gasteiger partial charge in [-0.25, -0.2) is 0 Å². The minimum atomic E-state index is -0.597. The summed E-state index contributed by atoms with van der Waals surface area (Å²) in [6.45, 7) is 8.68. The van der Waals surface area contributed by atoms with Gasteiger partial charge in [-0.05, 0) is 51.0 Å². The number of ether oxygens (including phenoxy) is 1. The maximum atomic E-state index is 10.5. The first-order valence-corrected chi connectivity index (χ1v) is 6.95. The summed E-state index contributed by atoms with van der Waals surface area (Å²) in [6.07, 6.45) is 6.48. The SMILES string of the molecule is CC(C)[C@]12C=C3[C@H](CC[C@@]3(C)O)[C@](C)(CC1)O2. The molecular formula is C15H24O2. The molecule has 2 heteroatoms. The molecule has 17 heavy (non-hydrogen) atoms. The zero-order chi connectivity index (χ0) is 12.5. The topological polar surface area (TPSA) is 29.5 Å². The Hall–Kier alpha value is -0.340. The second-order valence-electron chi connectivity index (χ2n) is 6.99. The predicted octanol–water partition coefficient (Wildman–Crippen LogP) is 3.05. The molecule has 2 bridgehead atoms. The summed E-state index contributed by atoms with van der Waals surface area (Å²) < 4.78 is 6.45. The molecule has 3 rings (SSSR count). The third-order valence-electron chi connectivity index (χ3n) is 5.47. The van der Waals surface area contributed by atoms with E-state index in [4.69, 9.17) is 4.74 Å². The van der Waals surface area contributed by atoms with Crippen molar-refractivity contribution in [1.82, 2.24) is 0 Å². The van der Waals surface area contributed by atoms with Gasteiger partial charge in [-0.1, -0.05) is 19.9 Å². The van der Waals surface area contributed by atoms with Gasteiger partial charge in [0.05, 0.1) is 16.8 Å². The highest BCUT2D eigenvalue weighted by Gasteiger charge is 2.59. The van der Waals surface area contributed by atoms with Crippen LogP contribution in [-0.4, -0.2) is 21.9 Å². The lowest BCUT2D eigenvalue weighted by Gasteiger charge is -2.44. The minimum absolute atomic E-state index is 0.0329. The summed E-state index contributed by atoms with van der Waals surface area (Å²) >= 11 is 0. The lowest BCUT2D eigenvalue weighted by Crippen LogP contribution is -2.46. The molecule has 1 N–H and O–H groups in total. The van der Waals surface area contributed by atoms with Crippen molar-refractivity contribution < 1.29 is 9.84 Å². The van der Waals surface area contributed by atoms with E-state index >= 15 is 0 Å². The predicted molar refractivity (Wildman–Crippen MR) is 67.7 cm³/mol. The Morgan fingerprint density at radius 2 is 2.00 bits per heavy atom. The molecule has 0 spiro atoms. The molecule has 96 valence electrons. The van der Waals surface area contributed by atoms with Crippen LogP contribution in [0.5, 0.6) is 0 Å². The highest BCUT2D eigenvalue weighted by Crippen LogP contribution is 2.59. The van der Waals surface area contributed by atoms with E-state index in [1.54, 1.807) is 0 Å². The van der Waals surface area contributed by atoms with Crippen LogP contribution in [0.1, 0.15) is 53.4 Å². The molecule has 1 saturated heterocycles. The molecule has 1 aliphatic carbocycles. The fraction of sp³-hybridized carbons (Fsp3) is 0.867. The quantitative estimate of drug-likeness (QED) is 0.709. The number of rotatable bonds is 1. The first-order valence-electron chi connectivity index (χ1n) is 6.95. The van der Waals surface area contributed by atoms with Gasteiger partial charge in [0.2, 0.25) is 0 Å². The highest BCUT2D eigenvalue weighted by molar-refractivity contribution is 5.35. The van der Waals surface area contributed by atoms with E-state index in [1.165, 1.54) is 5.57 Å².